The zero-order chi connectivity index (χ0) is 19.6. The molecule has 1 aromatic carbocycles. The summed E-state index contributed by atoms with van der Waals surface area (Å²) in [5, 5.41) is 11.8. The van der Waals surface area contributed by atoms with Crippen LogP contribution >= 0.6 is 35.3 Å². The van der Waals surface area contributed by atoms with E-state index >= 15 is 0 Å². The van der Waals surface area contributed by atoms with E-state index in [1.807, 2.05) is 31.1 Å². The minimum absolute atomic E-state index is 0. The molecule has 150 valence electrons. The molecule has 0 N–H and O–H groups in total. The lowest BCUT2D eigenvalue weighted by atomic mass is 10.3. The van der Waals surface area contributed by atoms with Crippen LogP contribution in [-0.4, -0.2) is 47.9 Å². The lowest BCUT2D eigenvalue weighted by Gasteiger charge is -2.19. The smallest absolute Gasteiger partial charge is 0.395 e. The highest BCUT2D eigenvalue weighted by molar-refractivity contribution is 7.22. The van der Waals surface area contributed by atoms with E-state index in [9.17, 15) is 14.9 Å². The second-order valence-electron chi connectivity index (χ2n) is 6.09. The molecule has 0 aliphatic heterocycles. The van der Waals surface area contributed by atoms with Gasteiger partial charge >= 0.3 is 5.88 Å². The molecule has 0 fully saturated rings. The van der Waals surface area contributed by atoms with Gasteiger partial charge < -0.3 is 9.32 Å². The summed E-state index contributed by atoms with van der Waals surface area (Å²) in [5.41, 5.74) is 0.620. The first kappa shape index (κ1) is 22.1. The second kappa shape index (κ2) is 9.33. The molecule has 11 heteroatoms. The Morgan fingerprint density at radius 1 is 1.29 bits per heavy atom. The van der Waals surface area contributed by atoms with E-state index in [0.29, 0.717) is 28.6 Å². The Kier molecular flexibility index (Phi) is 7.36. The fraction of sp³-hybridized carbons (Fsp3) is 0.294. The maximum Gasteiger partial charge on any atom is 0.433 e. The number of nitro groups is 1. The van der Waals surface area contributed by atoms with Crippen molar-refractivity contribution in [2.75, 3.05) is 32.1 Å². The quantitative estimate of drug-likeness (QED) is 0.394. The van der Waals surface area contributed by atoms with Gasteiger partial charge in [0.25, 0.3) is 5.91 Å². The van der Waals surface area contributed by atoms with Gasteiger partial charge in [0.1, 0.15) is 10.4 Å². The summed E-state index contributed by atoms with van der Waals surface area (Å²) in [6.45, 7) is 1.16. The van der Waals surface area contributed by atoms with Crippen LogP contribution in [0, 0.1) is 10.1 Å². The Hall–Kier alpha value is -2.20. The summed E-state index contributed by atoms with van der Waals surface area (Å²) in [6.07, 6.45) is 0.700. The maximum absolute atomic E-state index is 12.9. The number of carbonyl (C=O) groups excluding carboxylic acids is 1. The van der Waals surface area contributed by atoms with Gasteiger partial charge in [-0.25, -0.2) is 4.98 Å². The molecule has 0 atom stereocenters. The normalized spacial score (nSPS) is 10.9. The third-order valence-corrected chi connectivity index (χ3v) is 5.15. The van der Waals surface area contributed by atoms with Crippen molar-refractivity contribution in [3.05, 3.63) is 51.2 Å². The van der Waals surface area contributed by atoms with Crippen LogP contribution < -0.4 is 4.90 Å². The van der Waals surface area contributed by atoms with Crippen molar-refractivity contribution in [3.63, 3.8) is 0 Å². The fourth-order valence-electron chi connectivity index (χ4n) is 2.52. The number of benzene rings is 1. The number of thiazole rings is 1. The molecule has 0 saturated heterocycles. The van der Waals surface area contributed by atoms with Crippen molar-refractivity contribution in [1.29, 1.82) is 0 Å². The predicted octanol–water partition coefficient (Wildman–Crippen LogP) is 4.47. The van der Waals surface area contributed by atoms with Gasteiger partial charge in [-0.05, 0) is 45.3 Å². The van der Waals surface area contributed by atoms with Gasteiger partial charge in [-0.2, -0.15) is 0 Å². The molecular formula is C17H18Cl2N4O4S. The van der Waals surface area contributed by atoms with Crippen LogP contribution in [0.3, 0.4) is 0 Å². The lowest BCUT2D eigenvalue weighted by Crippen LogP contribution is -2.33. The highest BCUT2D eigenvalue weighted by Crippen LogP contribution is 2.33. The molecule has 0 unspecified atom stereocenters. The molecular weight excluding hydrogens is 427 g/mol. The van der Waals surface area contributed by atoms with Gasteiger partial charge in [-0.1, -0.05) is 29.0 Å². The highest BCUT2D eigenvalue weighted by atomic mass is 35.5. The van der Waals surface area contributed by atoms with E-state index in [-0.39, 0.29) is 18.2 Å². The van der Waals surface area contributed by atoms with E-state index in [4.69, 9.17) is 16.0 Å². The summed E-state index contributed by atoms with van der Waals surface area (Å²) in [7, 11) is 3.89. The Bertz CT molecular complexity index is 989. The molecule has 0 aliphatic rings. The first-order valence-electron chi connectivity index (χ1n) is 8.12. The van der Waals surface area contributed by atoms with Crippen molar-refractivity contribution in [3.8, 4) is 0 Å². The molecule has 0 aliphatic carbocycles. The van der Waals surface area contributed by atoms with Gasteiger partial charge in [-0.3, -0.25) is 19.8 Å². The number of fused-ring (bicyclic) bond motifs is 1. The molecule has 0 spiro atoms. The van der Waals surface area contributed by atoms with E-state index in [2.05, 4.69) is 4.98 Å². The van der Waals surface area contributed by atoms with Gasteiger partial charge in [0.05, 0.1) is 15.8 Å². The van der Waals surface area contributed by atoms with Crippen molar-refractivity contribution in [2.45, 2.75) is 6.42 Å². The number of halogens is 2. The Balaban J connectivity index is 0.00000280. The second-order valence-corrected chi connectivity index (χ2v) is 7.51. The number of carbonyl (C=O) groups is 1. The lowest BCUT2D eigenvalue weighted by molar-refractivity contribution is -0.402. The summed E-state index contributed by atoms with van der Waals surface area (Å²) in [6, 6.07) is 7.91. The van der Waals surface area contributed by atoms with Gasteiger partial charge in [0, 0.05) is 6.54 Å². The van der Waals surface area contributed by atoms with E-state index in [1.165, 1.54) is 28.4 Å². The van der Waals surface area contributed by atoms with Crippen LogP contribution in [0.25, 0.3) is 10.2 Å². The van der Waals surface area contributed by atoms with Gasteiger partial charge in [0.15, 0.2) is 10.9 Å². The van der Waals surface area contributed by atoms with E-state index < -0.39 is 16.7 Å². The molecule has 2 aromatic heterocycles. The third kappa shape index (κ3) is 4.79. The first-order valence-corrected chi connectivity index (χ1v) is 9.32. The number of nitrogens with zero attached hydrogens (tertiary/aromatic N) is 4. The molecule has 3 aromatic rings. The van der Waals surface area contributed by atoms with Crippen LogP contribution in [-0.2, 0) is 0 Å². The monoisotopic (exact) mass is 444 g/mol. The molecule has 0 radical (unpaired) electrons. The summed E-state index contributed by atoms with van der Waals surface area (Å²) < 4.78 is 5.94. The molecule has 2 heterocycles. The van der Waals surface area contributed by atoms with Crippen LogP contribution in [0.15, 0.2) is 34.7 Å². The highest BCUT2D eigenvalue weighted by Gasteiger charge is 2.26. The van der Waals surface area contributed by atoms with Crippen molar-refractivity contribution >= 4 is 62.5 Å². The van der Waals surface area contributed by atoms with Crippen LogP contribution in [0.4, 0.5) is 11.0 Å². The Morgan fingerprint density at radius 3 is 2.64 bits per heavy atom. The zero-order valence-corrected chi connectivity index (χ0v) is 17.5. The standard InChI is InChI=1S/C17H17ClN4O4S.ClH/c1-20(2)9-4-10-21(16(23)12-7-8-14(26-12)22(24)25)17-19-15-11(18)5-3-6-13(15)27-17;/h3,5-8H,4,9-10H2,1-2H3;1H. The topological polar surface area (TPSA) is 92.7 Å². The maximum atomic E-state index is 12.9. The number of furan rings is 1. The van der Waals surface area contributed by atoms with Gasteiger partial charge in [0.2, 0.25) is 0 Å². The van der Waals surface area contributed by atoms with Crippen LogP contribution in [0.1, 0.15) is 17.0 Å². The summed E-state index contributed by atoms with van der Waals surface area (Å²) in [5.74, 6) is -1.05. The fourth-order valence-corrected chi connectivity index (χ4v) is 3.81. The predicted molar refractivity (Wildman–Crippen MR) is 112 cm³/mol. The SMILES string of the molecule is CN(C)CCCN(C(=O)c1ccc([N+](=O)[O-])o1)c1nc2c(Cl)cccc2s1.Cl. The van der Waals surface area contributed by atoms with Gasteiger partial charge in [-0.15, -0.1) is 12.4 Å². The summed E-state index contributed by atoms with van der Waals surface area (Å²) in [4.78, 5) is 31.1. The average molecular weight is 445 g/mol. The molecule has 0 saturated carbocycles. The molecule has 28 heavy (non-hydrogen) atoms. The van der Waals surface area contributed by atoms with Crippen molar-refractivity contribution < 1.29 is 14.1 Å². The van der Waals surface area contributed by atoms with E-state index in [0.717, 1.165) is 11.2 Å². The number of hydrogen-bond donors (Lipinski definition) is 0. The molecule has 0 bridgehead atoms. The van der Waals surface area contributed by atoms with Crippen LogP contribution in [0.5, 0.6) is 0 Å². The number of hydrogen-bond acceptors (Lipinski definition) is 7. The Labute approximate surface area is 176 Å². The number of rotatable bonds is 7. The third-order valence-electron chi connectivity index (χ3n) is 3.80. The van der Waals surface area contributed by atoms with Crippen molar-refractivity contribution in [1.82, 2.24) is 9.88 Å². The average Bonchev–Trinajstić information content (AvgIpc) is 3.25. The number of amides is 1. The molecule has 3 rings (SSSR count). The Morgan fingerprint density at radius 2 is 2.04 bits per heavy atom. The largest absolute Gasteiger partial charge is 0.433 e. The van der Waals surface area contributed by atoms with Crippen LogP contribution in [0.2, 0.25) is 5.02 Å². The molecule has 8 nitrogen and oxygen atoms in total. The minimum Gasteiger partial charge on any atom is -0.395 e. The summed E-state index contributed by atoms with van der Waals surface area (Å²) >= 11 is 7.53. The number of aromatic nitrogens is 1. The molecule has 1 amide bonds. The minimum atomic E-state index is -0.676. The van der Waals surface area contributed by atoms with Crippen molar-refractivity contribution in [2.24, 2.45) is 0 Å². The first-order chi connectivity index (χ1) is 12.9. The van der Waals surface area contributed by atoms with E-state index in [1.54, 1.807) is 6.07 Å². The number of para-hydroxylation sites is 1. The zero-order valence-electron chi connectivity index (χ0n) is 15.1. The number of anilines is 1.